The summed E-state index contributed by atoms with van der Waals surface area (Å²) >= 11 is 2.06. The van der Waals surface area contributed by atoms with E-state index in [9.17, 15) is 29.7 Å². The van der Waals surface area contributed by atoms with Crippen molar-refractivity contribution in [2.75, 3.05) is 20.3 Å². The molecule has 4 N–H and O–H groups in total. The highest BCUT2D eigenvalue weighted by molar-refractivity contribution is 14.1. The van der Waals surface area contributed by atoms with Crippen molar-refractivity contribution in [1.29, 1.82) is 0 Å². The number of hydrogen-bond acceptors (Lipinski definition) is 8. The Morgan fingerprint density at radius 3 is 2.49 bits per heavy atom. The molecule has 0 aliphatic heterocycles. The maximum atomic E-state index is 13.6. The molecule has 0 aromatic heterocycles. The van der Waals surface area contributed by atoms with Crippen molar-refractivity contribution in [3.63, 3.8) is 0 Å². The molecule has 216 valence electrons. The Bertz CT molecular complexity index is 1060. The van der Waals surface area contributed by atoms with E-state index in [0.717, 1.165) is 25.7 Å². The van der Waals surface area contributed by atoms with Crippen LogP contribution in [0.25, 0.3) is 0 Å². The van der Waals surface area contributed by atoms with Crippen LogP contribution >= 0.6 is 22.6 Å². The summed E-state index contributed by atoms with van der Waals surface area (Å²) in [6.45, 7) is 1.16. The summed E-state index contributed by atoms with van der Waals surface area (Å²) in [5, 5.41) is 33.1. The van der Waals surface area contributed by atoms with E-state index in [1.165, 1.54) is 14.0 Å². The number of ketones is 1. The zero-order valence-corrected chi connectivity index (χ0v) is 24.7. The molecule has 0 spiro atoms. The molecule has 2 amide bonds. The van der Waals surface area contributed by atoms with Crippen LogP contribution < -0.4 is 14.8 Å². The van der Waals surface area contributed by atoms with E-state index in [0.29, 0.717) is 39.0 Å². The first-order chi connectivity index (χ1) is 18.7. The number of aliphatic hydroxyl groups is 3. The predicted octanol–water partition coefficient (Wildman–Crippen LogP) is 2.24. The lowest BCUT2D eigenvalue weighted by Crippen LogP contribution is -2.57. The number of aliphatic hydroxyl groups excluding tert-OH is 3. The van der Waals surface area contributed by atoms with Gasteiger partial charge in [0, 0.05) is 37.4 Å². The van der Waals surface area contributed by atoms with Gasteiger partial charge in [0.15, 0.2) is 11.5 Å². The number of carbonyl (C=O) groups excluding carboxylic acids is 3. The lowest BCUT2D eigenvalue weighted by Gasteiger charge is -2.43. The van der Waals surface area contributed by atoms with Gasteiger partial charge in [-0.3, -0.25) is 9.59 Å². The molecule has 3 atom stereocenters. The van der Waals surface area contributed by atoms with E-state index < -0.39 is 24.2 Å². The summed E-state index contributed by atoms with van der Waals surface area (Å²) < 4.78 is 12.4. The number of ether oxygens (including phenoxy) is 2. The number of halogens is 1. The quantitative estimate of drug-likeness (QED) is 0.236. The van der Waals surface area contributed by atoms with Gasteiger partial charge in [-0.25, -0.2) is 0 Å². The van der Waals surface area contributed by atoms with Crippen LogP contribution in [0.15, 0.2) is 23.8 Å². The zero-order valence-electron chi connectivity index (χ0n) is 22.5. The Morgan fingerprint density at radius 2 is 1.87 bits per heavy atom. The second-order valence-corrected chi connectivity index (χ2v) is 11.2. The van der Waals surface area contributed by atoms with E-state index >= 15 is 0 Å². The molecule has 1 fully saturated rings. The average molecular weight is 659 g/mol. The van der Waals surface area contributed by atoms with E-state index in [1.807, 2.05) is 0 Å². The molecule has 1 saturated carbocycles. The Hall–Kier alpha value is -2.22. The molecule has 0 saturated heterocycles. The molecule has 1 aromatic carbocycles. The van der Waals surface area contributed by atoms with Crippen LogP contribution in [0, 0.1) is 3.57 Å². The van der Waals surface area contributed by atoms with Gasteiger partial charge >= 0.3 is 0 Å². The summed E-state index contributed by atoms with van der Waals surface area (Å²) in [6.07, 6.45) is 4.02. The van der Waals surface area contributed by atoms with Gasteiger partial charge in [-0.1, -0.05) is 12.8 Å². The monoisotopic (exact) mass is 658 g/mol. The Morgan fingerprint density at radius 1 is 1.15 bits per heavy atom. The number of amides is 2. The van der Waals surface area contributed by atoms with Crippen molar-refractivity contribution in [3.05, 3.63) is 32.9 Å². The van der Waals surface area contributed by atoms with Gasteiger partial charge in [0.05, 0.1) is 29.9 Å². The molecule has 0 radical (unpaired) electrons. The molecule has 0 heterocycles. The Labute approximate surface area is 242 Å². The van der Waals surface area contributed by atoms with Crippen LogP contribution in [0.5, 0.6) is 11.5 Å². The molecule has 2 aliphatic rings. The highest BCUT2D eigenvalue weighted by atomic mass is 127. The Kier molecular flexibility index (Phi) is 12.0. The molecule has 10 nitrogen and oxygen atoms in total. The standard InChI is InChI=1S/C28H39IN2O8/c1-17(34)6-5-9-25(35)31(20-7-3-4-8-20)22-14-19(28(37)30-10-11-32)15-23(26(22)36)39-27-21(29)12-18(16-33)13-24(27)38-2/h12-13,15,20,22-23,26,32-33,36H,3-11,14,16H2,1-2H3,(H,30,37)/t22-,23+,26+/m1/s1. The van der Waals surface area contributed by atoms with Crippen LogP contribution in [0.2, 0.25) is 0 Å². The summed E-state index contributed by atoms with van der Waals surface area (Å²) in [5.74, 6) is 0.187. The van der Waals surface area contributed by atoms with Gasteiger partial charge in [-0.2, -0.15) is 0 Å². The van der Waals surface area contributed by atoms with Crippen molar-refractivity contribution in [1.82, 2.24) is 10.2 Å². The Balaban J connectivity index is 1.98. The smallest absolute Gasteiger partial charge is 0.247 e. The summed E-state index contributed by atoms with van der Waals surface area (Å²) in [6, 6.07) is 2.59. The van der Waals surface area contributed by atoms with Gasteiger partial charge < -0.3 is 39.8 Å². The third-order valence-corrected chi connectivity index (χ3v) is 8.02. The summed E-state index contributed by atoms with van der Waals surface area (Å²) in [7, 11) is 1.48. The number of methoxy groups -OCH3 is 1. The number of rotatable bonds is 13. The average Bonchev–Trinajstić information content (AvgIpc) is 3.44. The fourth-order valence-corrected chi connectivity index (χ4v) is 6.12. The van der Waals surface area contributed by atoms with Crippen molar-refractivity contribution in [3.8, 4) is 11.5 Å². The largest absolute Gasteiger partial charge is 0.493 e. The van der Waals surface area contributed by atoms with E-state index in [1.54, 1.807) is 23.1 Å². The normalized spacial score (nSPS) is 21.3. The fourth-order valence-electron chi connectivity index (χ4n) is 5.32. The van der Waals surface area contributed by atoms with Gasteiger partial charge in [0.1, 0.15) is 18.0 Å². The van der Waals surface area contributed by atoms with Crippen molar-refractivity contribution in [2.45, 2.75) is 89.2 Å². The summed E-state index contributed by atoms with van der Waals surface area (Å²) in [4.78, 5) is 39.8. The molecule has 2 aliphatic carbocycles. The number of benzene rings is 1. The fraction of sp³-hybridized carbons (Fsp3) is 0.607. The lowest BCUT2D eigenvalue weighted by atomic mass is 9.87. The zero-order chi connectivity index (χ0) is 28.5. The lowest BCUT2D eigenvalue weighted by molar-refractivity contribution is -0.142. The van der Waals surface area contributed by atoms with Gasteiger partial charge in [-0.05, 0) is 72.5 Å². The third-order valence-electron chi connectivity index (χ3n) is 7.22. The molecule has 1 aromatic rings. The van der Waals surface area contributed by atoms with Crippen LogP contribution in [-0.2, 0) is 21.0 Å². The van der Waals surface area contributed by atoms with Crippen molar-refractivity contribution in [2.24, 2.45) is 0 Å². The molecule has 11 heteroatoms. The van der Waals surface area contributed by atoms with Crippen LogP contribution in [0.1, 0.15) is 63.9 Å². The number of Topliss-reactive ketones (excluding diaryl/α,β-unsaturated/α-hetero) is 1. The number of nitrogens with one attached hydrogen (secondary N) is 1. The van der Waals surface area contributed by atoms with Crippen LogP contribution in [0.3, 0.4) is 0 Å². The molecular formula is C28H39IN2O8. The number of hydrogen-bond donors (Lipinski definition) is 4. The SMILES string of the molecule is COc1cc(CO)cc(I)c1O[C@H]1C=C(C(=O)NCCO)C[C@@H](N(C(=O)CCCC(C)=O)C2CCCC2)[C@@H]1O. The second kappa shape index (κ2) is 15.0. The van der Waals surface area contributed by atoms with Crippen LogP contribution in [0.4, 0.5) is 0 Å². The maximum Gasteiger partial charge on any atom is 0.247 e. The van der Waals surface area contributed by atoms with Gasteiger partial charge in [-0.15, -0.1) is 0 Å². The second-order valence-electron chi connectivity index (χ2n) is 10.1. The molecule has 0 bridgehead atoms. The molecular weight excluding hydrogens is 619 g/mol. The first-order valence-corrected chi connectivity index (χ1v) is 14.5. The van der Waals surface area contributed by atoms with E-state index in [4.69, 9.17) is 9.47 Å². The maximum absolute atomic E-state index is 13.6. The highest BCUT2D eigenvalue weighted by Gasteiger charge is 2.43. The van der Waals surface area contributed by atoms with E-state index in [2.05, 4.69) is 27.9 Å². The van der Waals surface area contributed by atoms with Gasteiger partial charge in [0.25, 0.3) is 0 Å². The van der Waals surface area contributed by atoms with E-state index in [-0.39, 0.29) is 50.3 Å². The third kappa shape index (κ3) is 8.15. The minimum atomic E-state index is -1.14. The summed E-state index contributed by atoms with van der Waals surface area (Å²) in [5.41, 5.74) is 0.984. The van der Waals surface area contributed by atoms with Crippen molar-refractivity contribution < 1.29 is 39.2 Å². The first-order valence-electron chi connectivity index (χ1n) is 13.4. The number of nitrogens with zero attached hydrogens (tertiary/aromatic N) is 1. The van der Waals surface area contributed by atoms with Crippen LogP contribution in [-0.4, -0.2) is 82.4 Å². The first kappa shape index (κ1) is 31.3. The predicted molar refractivity (Wildman–Crippen MR) is 152 cm³/mol. The molecule has 39 heavy (non-hydrogen) atoms. The minimum absolute atomic E-state index is 0.0166. The molecule has 0 unspecified atom stereocenters. The minimum Gasteiger partial charge on any atom is -0.493 e. The highest BCUT2D eigenvalue weighted by Crippen LogP contribution is 2.38. The van der Waals surface area contributed by atoms with Gasteiger partial charge in [0.2, 0.25) is 11.8 Å². The van der Waals surface area contributed by atoms with Crippen molar-refractivity contribution >= 4 is 40.2 Å². The number of carbonyl (C=O) groups is 3. The molecule has 3 rings (SSSR count). The topological polar surface area (TPSA) is 146 Å².